The summed E-state index contributed by atoms with van der Waals surface area (Å²) >= 11 is 11.6. The Labute approximate surface area is 184 Å². The van der Waals surface area contributed by atoms with E-state index in [0.29, 0.717) is 12.5 Å². The second-order valence-corrected chi connectivity index (χ2v) is 9.03. The van der Waals surface area contributed by atoms with E-state index < -0.39 is 50.9 Å². The molecule has 0 radical (unpaired) electrons. The molecule has 0 aliphatic carbocycles. The van der Waals surface area contributed by atoms with Crippen LogP contribution in [0, 0.1) is 5.82 Å². The van der Waals surface area contributed by atoms with Gasteiger partial charge >= 0.3 is 16.4 Å². The lowest BCUT2D eigenvalue weighted by atomic mass is 10.1. The van der Waals surface area contributed by atoms with Crippen molar-refractivity contribution in [3.63, 3.8) is 0 Å². The highest BCUT2D eigenvalue weighted by Crippen LogP contribution is 2.37. The van der Waals surface area contributed by atoms with E-state index in [1.54, 1.807) is 4.72 Å². The van der Waals surface area contributed by atoms with E-state index in [4.69, 9.17) is 27.9 Å². The maximum atomic E-state index is 14.4. The Bertz CT molecular complexity index is 1120. The van der Waals surface area contributed by atoms with E-state index in [1.165, 1.54) is 6.07 Å². The van der Waals surface area contributed by atoms with E-state index in [0.717, 1.165) is 22.5 Å². The lowest BCUT2D eigenvalue weighted by molar-refractivity contribution is -0.137. The van der Waals surface area contributed by atoms with Crippen molar-refractivity contribution in [3.05, 3.63) is 62.9 Å². The van der Waals surface area contributed by atoms with Crippen LogP contribution >= 0.6 is 23.2 Å². The molecule has 0 spiro atoms. The molecule has 1 aliphatic heterocycles. The van der Waals surface area contributed by atoms with Crippen molar-refractivity contribution >= 4 is 39.3 Å². The van der Waals surface area contributed by atoms with Gasteiger partial charge in [0.05, 0.1) is 16.1 Å². The van der Waals surface area contributed by atoms with Crippen LogP contribution in [0.5, 0.6) is 5.75 Å². The van der Waals surface area contributed by atoms with Gasteiger partial charge in [-0.3, -0.25) is 4.79 Å². The molecule has 1 fully saturated rings. The molecule has 0 aromatic heterocycles. The Morgan fingerprint density at radius 2 is 1.81 bits per heavy atom. The van der Waals surface area contributed by atoms with Gasteiger partial charge in [0.15, 0.2) is 0 Å². The molecule has 6 nitrogen and oxygen atoms in total. The third-order valence-electron chi connectivity index (χ3n) is 4.39. The van der Waals surface area contributed by atoms with Gasteiger partial charge in [-0.25, -0.2) is 9.11 Å². The Balaban J connectivity index is 1.74. The topological polar surface area (TPSA) is 75.7 Å². The van der Waals surface area contributed by atoms with Gasteiger partial charge in [-0.2, -0.15) is 25.9 Å². The first kappa shape index (κ1) is 23.6. The first-order chi connectivity index (χ1) is 14.4. The highest BCUT2D eigenvalue weighted by atomic mass is 35.5. The lowest BCUT2D eigenvalue weighted by Crippen LogP contribution is -2.49. The minimum absolute atomic E-state index is 0.0322. The third kappa shape index (κ3) is 5.40. The van der Waals surface area contributed by atoms with Gasteiger partial charge in [-0.1, -0.05) is 23.2 Å². The van der Waals surface area contributed by atoms with Gasteiger partial charge in [0.2, 0.25) is 0 Å². The molecule has 13 heteroatoms. The number of halogens is 6. The molecule has 0 saturated carbocycles. The van der Waals surface area contributed by atoms with Crippen molar-refractivity contribution in [2.75, 3.05) is 13.1 Å². The van der Waals surface area contributed by atoms with Crippen LogP contribution in [0.3, 0.4) is 0 Å². The van der Waals surface area contributed by atoms with Crippen LogP contribution in [0.4, 0.5) is 17.6 Å². The number of carbonyl (C=O) groups excluding carboxylic acids is 1. The number of rotatable bonds is 6. The summed E-state index contributed by atoms with van der Waals surface area (Å²) in [5.74, 6) is -2.46. The van der Waals surface area contributed by atoms with Crippen LogP contribution in [-0.2, 0) is 23.0 Å². The van der Waals surface area contributed by atoms with Gasteiger partial charge in [-0.05, 0) is 36.8 Å². The summed E-state index contributed by atoms with van der Waals surface area (Å²) in [7, 11) is -4.08. The molecule has 3 rings (SSSR count). The summed E-state index contributed by atoms with van der Waals surface area (Å²) < 4.78 is 85.1. The zero-order chi connectivity index (χ0) is 23.0. The van der Waals surface area contributed by atoms with Crippen LogP contribution in [0.15, 0.2) is 30.3 Å². The van der Waals surface area contributed by atoms with Gasteiger partial charge in [-0.15, -0.1) is 0 Å². The van der Waals surface area contributed by atoms with E-state index in [9.17, 15) is 30.8 Å². The number of nitrogens with one attached hydrogen (secondary N) is 1. The van der Waals surface area contributed by atoms with Crippen LogP contribution in [0.1, 0.15) is 27.9 Å². The minimum atomic E-state index is -4.69. The molecule has 1 amide bonds. The number of hydrogen-bond acceptors (Lipinski definition) is 4. The number of alkyl halides is 3. The van der Waals surface area contributed by atoms with Crippen LogP contribution in [0.25, 0.3) is 0 Å². The van der Waals surface area contributed by atoms with Crippen LogP contribution in [0.2, 0.25) is 10.0 Å². The van der Waals surface area contributed by atoms with E-state index in [-0.39, 0.29) is 29.4 Å². The normalized spacial score (nSPS) is 14.8. The quantitative estimate of drug-likeness (QED) is 0.596. The van der Waals surface area contributed by atoms with E-state index in [2.05, 4.69) is 0 Å². The van der Waals surface area contributed by atoms with Gasteiger partial charge in [0.25, 0.3) is 5.91 Å². The Hall–Kier alpha value is -2.08. The third-order valence-corrected chi connectivity index (χ3v) is 6.56. The molecule has 168 valence electrons. The minimum Gasteiger partial charge on any atom is -0.489 e. The first-order valence-electron chi connectivity index (χ1n) is 8.68. The number of ether oxygens (including phenoxy) is 1. The Kier molecular flexibility index (Phi) is 6.70. The van der Waals surface area contributed by atoms with Crippen molar-refractivity contribution < 1.29 is 35.5 Å². The Morgan fingerprint density at radius 3 is 2.39 bits per heavy atom. The Morgan fingerprint density at radius 1 is 1.13 bits per heavy atom. The average molecular weight is 501 g/mol. The van der Waals surface area contributed by atoms with Gasteiger partial charge in [0, 0.05) is 23.7 Å². The molecule has 31 heavy (non-hydrogen) atoms. The van der Waals surface area contributed by atoms with Crippen LogP contribution < -0.4 is 9.46 Å². The number of hydrogen-bond donors (Lipinski definition) is 1. The summed E-state index contributed by atoms with van der Waals surface area (Å²) in [6.45, 7) is 0.0917. The molecular weight excluding hydrogens is 487 g/mol. The van der Waals surface area contributed by atoms with Gasteiger partial charge < -0.3 is 4.74 Å². The fourth-order valence-corrected chi connectivity index (χ4v) is 4.26. The highest BCUT2D eigenvalue weighted by Gasteiger charge is 2.34. The van der Waals surface area contributed by atoms with E-state index >= 15 is 0 Å². The second kappa shape index (κ2) is 8.81. The summed E-state index contributed by atoms with van der Waals surface area (Å²) in [6.07, 6.45) is -4.03. The van der Waals surface area contributed by atoms with Gasteiger partial charge in [0.1, 0.15) is 18.2 Å². The number of benzene rings is 2. The van der Waals surface area contributed by atoms with Crippen molar-refractivity contribution in [2.24, 2.45) is 0 Å². The molecule has 1 N–H and O–H groups in total. The lowest BCUT2D eigenvalue weighted by Gasteiger charge is -2.29. The predicted octanol–water partition coefficient (Wildman–Crippen LogP) is 4.41. The SMILES string of the molecule is O=C(NS(=O)(=O)N1CCC1)c1cc(Cl)c(COc2ccc(Cl)c(C(F)(F)F)c2)cc1F. The summed E-state index contributed by atoms with van der Waals surface area (Å²) in [4.78, 5) is 12.2. The molecule has 2 aromatic rings. The second-order valence-electron chi connectivity index (χ2n) is 6.54. The summed E-state index contributed by atoms with van der Waals surface area (Å²) in [5.41, 5.74) is -1.67. The molecule has 0 unspecified atom stereocenters. The van der Waals surface area contributed by atoms with Crippen molar-refractivity contribution in [1.82, 2.24) is 9.03 Å². The molecule has 0 bridgehead atoms. The fourth-order valence-electron chi connectivity index (χ4n) is 2.61. The molecule has 0 atom stereocenters. The summed E-state index contributed by atoms with van der Waals surface area (Å²) in [6, 6.07) is 4.65. The molecule has 2 aromatic carbocycles. The van der Waals surface area contributed by atoms with Crippen molar-refractivity contribution in [1.29, 1.82) is 0 Å². The first-order valence-corrected chi connectivity index (χ1v) is 10.9. The number of amides is 1. The highest BCUT2D eigenvalue weighted by molar-refractivity contribution is 7.87. The molecule has 1 saturated heterocycles. The monoisotopic (exact) mass is 500 g/mol. The van der Waals surface area contributed by atoms with Crippen molar-refractivity contribution in [3.8, 4) is 5.75 Å². The zero-order valence-electron chi connectivity index (χ0n) is 15.5. The maximum Gasteiger partial charge on any atom is 0.417 e. The zero-order valence-corrected chi connectivity index (χ0v) is 17.8. The maximum absolute atomic E-state index is 14.4. The largest absolute Gasteiger partial charge is 0.489 e. The fraction of sp³-hybridized carbons (Fsp3) is 0.278. The van der Waals surface area contributed by atoms with E-state index in [1.807, 2.05) is 0 Å². The van der Waals surface area contributed by atoms with Crippen molar-refractivity contribution in [2.45, 2.75) is 19.2 Å². The summed E-state index contributed by atoms with van der Waals surface area (Å²) in [5, 5.41) is -0.648. The number of carbonyl (C=O) groups is 1. The molecular formula is C18H14Cl2F4N2O4S. The van der Waals surface area contributed by atoms with Crippen LogP contribution in [-0.4, -0.2) is 31.7 Å². The standard InChI is InChI=1S/C18H14Cl2F4N2O4S/c19-14-3-2-11(7-13(14)18(22,23)24)30-9-10-6-16(21)12(8-15(10)20)17(27)25-31(28,29)26-4-1-5-26/h2-3,6-8H,1,4-5,9H2,(H,25,27). The number of nitrogens with zero attached hydrogens (tertiary/aromatic N) is 1. The molecule has 1 heterocycles. The smallest absolute Gasteiger partial charge is 0.417 e. The molecule has 1 aliphatic rings. The predicted molar refractivity (Wildman–Crippen MR) is 105 cm³/mol. The average Bonchev–Trinajstić information content (AvgIpc) is 2.59.